The van der Waals surface area contributed by atoms with Gasteiger partial charge in [0, 0.05) is 41.8 Å². The third kappa shape index (κ3) is 4.48. The normalized spacial score (nSPS) is 11.9. The number of aryl methyl sites for hydroxylation is 3. The minimum Gasteiger partial charge on any atom is -0.372 e. The largest absolute Gasteiger partial charge is 0.372 e. The minimum absolute atomic E-state index is 0.210. The Balaban J connectivity index is 1.65. The number of pyridine rings is 1. The molecule has 0 amide bonds. The Morgan fingerprint density at radius 2 is 1.83 bits per heavy atom. The van der Waals surface area contributed by atoms with Gasteiger partial charge in [0.2, 0.25) is 0 Å². The van der Waals surface area contributed by atoms with E-state index >= 15 is 0 Å². The highest BCUT2D eigenvalue weighted by molar-refractivity contribution is 6.14. The molecule has 1 unspecified atom stereocenters. The van der Waals surface area contributed by atoms with Crippen molar-refractivity contribution in [2.75, 3.05) is 5.32 Å². The van der Waals surface area contributed by atoms with Crippen LogP contribution in [0.25, 0.3) is 11.1 Å². The van der Waals surface area contributed by atoms with Crippen molar-refractivity contribution >= 4 is 11.4 Å². The van der Waals surface area contributed by atoms with Crippen LogP contribution in [-0.4, -0.2) is 25.6 Å². The molecular formula is C28H26N6O. The average molecular weight is 463 g/mol. The van der Waals surface area contributed by atoms with E-state index in [9.17, 15) is 0 Å². The molecule has 0 aliphatic rings. The first-order valence-corrected chi connectivity index (χ1v) is 11.4. The smallest absolute Gasteiger partial charge is 0.141 e. The molecule has 0 saturated heterocycles. The number of nitrogens with one attached hydrogen (secondary N) is 2. The van der Waals surface area contributed by atoms with Crippen LogP contribution in [0, 0.1) is 19.3 Å². The van der Waals surface area contributed by atoms with Crippen LogP contribution in [0.3, 0.4) is 0 Å². The highest BCUT2D eigenvalue weighted by Crippen LogP contribution is 2.34. The molecular weight excluding hydrogens is 436 g/mol. The monoisotopic (exact) mass is 462 g/mol. The van der Waals surface area contributed by atoms with Gasteiger partial charge in [-0.3, -0.25) is 15.1 Å². The Morgan fingerprint density at radius 3 is 2.49 bits per heavy atom. The quantitative estimate of drug-likeness (QED) is 0.303. The van der Waals surface area contributed by atoms with Crippen molar-refractivity contribution in [3.05, 3.63) is 119 Å². The molecule has 3 aromatic heterocycles. The summed E-state index contributed by atoms with van der Waals surface area (Å²) in [5.74, 6) is 0.757. The molecule has 0 aliphatic heterocycles. The van der Waals surface area contributed by atoms with Gasteiger partial charge in [-0.05, 0) is 43.2 Å². The molecule has 5 rings (SSSR count). The maximum absolute atomic E-state index is 8.97. The molecule has 3 heterocycles. The Morgan fingerprint density at radius 1 is 1.03 bits per heavy atom. The van der Waals surface area contributed by atoms with Crippen LogP contribution < -0.4 is 5.32 Å². The molecule has 0 spiro atoms. The highest BCUT2D eigenvalue weighted by atomic mass is 16.5. The second-order valence-corrected chi connectivity index (χ2v) is 8.48. The van der Waals surface area contributed by atoms with Crippen LogP contribution >= 0.6 is 0 Å². The van der Waals surface area contributed by atoms with Crippen LogP contribution in [0.15, 0.2) is 89.8 Å². The number of benzene rings is 2. The van der Waals surface area contributed by atoms with E-state index in [0.717, 1.165) is 50.7 Å². The fourth-order valence-electron chi connectivity index (χ4n) is 4.31. The maximum Gasteiger partial charge on any atom is 0.141 e. The van der Waals surface area contributed by atoms with Crippen LogP contribution in [0.5, 0.6) is 0 Å². The second-order valence-electron chi connectivity index (χ2n) is 8.48. The predicted octanol–water partition coefficient (Wildman–Crippen LogP) is 5.70. The number of nitrogens with zero attached hydrogens (tertiary/aromatic N) is 4. The van der Waals surface area contributed by atoms with Crippen molar-refractivity contribution in [3.63, 3.8) is 0 Å². The van der Waals surface area contributed by atoms with Crippen molar-refractivity contribution in [2.45, 2.75) is 19.9 Å². The SMILES string of the molecule is Cc1noc(C)c1-c1ccc(C(=N)c2cnn(C)c2)c(NC(c2ccccc2)c2ccccn2)c1. The van der Waals surface area contributed by atoms with E-state index < -0.39 is 0 Å². The topological polar surface area (TPSA) is 92.6 Å². The fourth-order valence-corrected chi connectivity index (χ4v) is 4.31. The van der Waals surface area contributed by atoms with Gasteiger partial charge in [-0.1, -0.05) is 53.7 Å². The number of aromatic nitrogens is 4. The Labute approximate surface area is 204 Å². The first-order chi connectivity index (χ1) is 17.0. The standard InChI is InChI=1S/C28H26N6O/c1-18-26(19(2)35-33-18)21-12-13-23(27(29)22-16-31-34(3)17-22)25(15-21)32-28(20-9-5-4-6-10-20)24-11-7-8-14-30-24/h4-17,28-29,32H,1-3H3. The van der Waals surface area contributed by atoms with Crippen molar-refractivity contribution in [3.8, 4) is 11.1 Å². The van der Waals surface area contributed by atoms with Crippen LogP contribution in [0.4, 0.5) is 5.69 Å². The van der Waals surface area contributed by atoms with E-state index in [0.29, 0.717) is 5.71 Å². The molecule has 5 aromatic rings. The molecule has 2 N–H and O–H groups in total. The van der Waals surface area contributed by atoms with E-state index in [1.165, 1.54) is 0 Å². The van der Waals surface area contributed by atoms with Gasteiger partial charge in [0.1, 0.15) is 5.76 Å². The molecule has 35 heavy (non-hydrogen) atoms. The van der Waals surface area contributed by atoms with Crippen LogP contribution in [0.1, 0.15) is 39.9 Å². The number of anilines is 1. The molecule has 0 radical (unpaired) electrons. The second kappa shape index (κ2) is 9.38. The maximum atomic E-state index is 8.97. The molecule has 0 aliphatic carbocycles. The summed E-state index contributed by atoms with van der Waals surface area (Å²) in [6.45, 7) is 3.85. The third-order valence-corrected chi connectivity index (χ3v) is 6.02. The van der Waals surface area contributed by atoms with E-state index in [4.69, 9.17) is 9.93 Å². The molecule has 2 aromatic carbocycles. The van der Waals surface area contributed by atoms with Gasteiger partial charge in [0.05, 0.1) is 29.3 Å². The Bertz CT molecular complexity index is 1410. The lowest BCUT2D eigenvalue weighted by Gasteiger charge is -2.23. The lowest BCUT2D eigenvalue weighted by atomic mass is 9.95. The lowest BCUT2D eigenvalue weighted by Crippen LogP contribution is -2.16. The molecule has 174 valence electrons. The van der Waals surface area contributed by atoms with E-state index in [1.54, 1.807) is 17.1 Å². The molecule has 0 fully saturated rings. The average Bonchev–Trinajstić information content (AvgIpc) is 3.47. The van der Waals surface area contributed by atoms with Crippen molar-refractivity contribution < 1.29 is 4.52 Å². The van der Waals surface area contributed by atoms with Crippen LogP contribution in [-0.2, 0) is 7.05 Å². The van der Waals surface area contributed by atoms with Gasteiger partial charge in [-0.25, -0.2) is 0 Å². The van der Waals surface area contributed by atoms with E-state index in [-0.39, 0.29) is 6.04 Å². The van der Waals surface area contributed by atoms with Gasteiger partial charge in [-0.2, -0.15) is 5.10 Å². The summed E-state index contributed by atoms with van der Waals surface area (Å²) in [7, 11) is 1.85. The van der Waals surface area contributed by atoms with Gasteiger partial charge >= 0.3 is 0 Å². The first-order valence-electron chi connectivity index (χ1n) is 11.4. The number of hydrogen-bond acceptors (Lipinski definition) is 6. The molecule has 0 saturated carbocycles. The summed E-state index contributed by atoms with van der Waals surface area (Å²) in [5.41, 5.74) is 7.44. The fraction of sp³-hybridized carbons (Fsp3) is 0.143. The van der Waals surface area contributed by atoms with Crippen molar-refractivity contribution in [2.24, 2.45) is 7.05 Å². The Hall–Kier alpha value is -4.52. The third-order valence-electron chi connectivity index (χ3n) is 6.02. The van der Waals surface area contributed by atoms with Gasteiger partial charge in [-0.15, -0.1) is 0 Å². The van der Waals surface area contributed by atoms with E-state index in [2.05, 4.69) is 38.8 Å². The highest BCUT2D eigenvalue weighted by Gasteiger charge is 2.21. The van der Waals surface area contributed by atoms with Crippen molar-refractivity contribution in [1.82, 2.24) is 19.9 Å². The lowest BCUT2D eigenvalue weighted by molar-refractivity contribution is 0.393. The van der Waals surface area contributed by atoms with Gasteiger partial charge < -0.3 is 9.84 Å². The molecule has 1 atom stereocenters. The molecule has 7 heteroatoms. The van der Waals surface area contributed by atoms with E-state index in [1.807, 2.05) is 75.6 Å². The summed E-state index contributed by atoms with van der Waals surface area (Å²) in [5, 5.41) is 21.0. The summed E-state index contributed by atoms with van der Waals surface area (Å²) in [6, 6.07) is 21.9. The minimum atomic E-state index is -0.210. The zero-order valence-corrected chi connectivity index (χ0v) is 19.9. The molecule has 0 bridgehead atoms. The first kappa shape index (κ1) is 22.3. The zero-order valence-electron chi connectivity index (χ0n) is 19.9. The Kier molecular flexibility index (Phi) is 5.97. The predicted molar refractivity (Wildman–Crippen MR) is 137 cm³/mol. The number of hydrogen-bond donors (Lipinski definition) is 2. The summed E-state index contributed by atoms with van der Waals surface area (Å²) in [6.07, 6.45) is 5.36. The zero-order chi connectivity index (χ0) is 24.4. The summed E-state index contributed by atoms with van der Waals surface area (Å²) >= 11 is 0. The van der Waals surface area contributed by atoms with Crippen molar-refractivity contribution in [1.29, 1.82) is 5.41 Å². The van der Waals surface area contributed by atoms with Crippen LogP contribution in [0.2, 0.25) is 0 Å². The van der Waals surface area contributed by atoms with Gasteiger partial charge in [0.25, 0.3) is 0 Å². The summed E-state index contributed by atoms with van der Waals surface area (Å²) < 4.78 is 7.13. The number of rotatable bonds is 7. The van der Waals surface area contributed by atoms with Gasteiger partial charge in [0.15, 0.2) is 0 Å². The molecule has 7 nitrogen and oxygen atoms in total. The summed E-state index contributed by atoms with van der Waals surface area (Å²) in [4.78, 5) is 4.63.